The van der Waals surface area contributed by atoms with Crippen molar-refractivity contribution in [2.45, 2.75) is 0 Å². The van der Waals surface area contributed by atoms with Gasteiger partial charge in [0, 0.05) is 34.8 Å². The molecule has 0 saturated carbocycles. The van der Waals surface area contributed by atoms with Gasteiger partial charge in [-0.3, -0.25) is 9.55 Å². The molecule has 0 unspecified atom stereocenters. The van der Waals surface area contributed by atoms with Crippen LogP contribution in [0.5, 0.6) is 23.0 Å². The second-order valence-corrected chi connectivity index (χ2v) is 16.7. The van der Waals surface area contributed by atoms with Crippen LogP contribution in [0.1, 0.15) is 0 Å². The highest BCUT2D eigenvalue weighted by Gasteiger charge is 2.48. The maximum absolute atomic E-state index is 7.11. The lowest BCUT2D eigenvalue weighted by molar-refractivity contribution is 0.483. The molecule has 10 rings (SSSR count). The minimum atomic E-state index is -2.85. The topological polar surface area (TPSA) is 49.2 Å². The normalized spacial score (nSPS) is 12.9. The first kappa shape index (κ1) is 30.1. The zero-order valence-electron chi connectivity index (χ0n) is 28.1. The third-order valence-corrected chi connectivity index (χ3v) is 14.9. The summed E-state index contributed by atoms with van der Waals surface area (Å²) in [4.78, 5) is 9.43. The number of fused-ring (bicyclic) bond motifs is 6. The standard InChI is InChI=1S/C46H31N3O2Si/c1-3-16-35(17-4-1)52(36-18-5-2-6-19-36)42-22-8-7-21-41(42)51-46-43(52)27-26-38-37-25-24-34(31-40(37)49(45(38)46)44-23-10-12-29-48-44)50-33-15-13-14-32(30-33)39-20-9-11-28-47-39/h1-31H. The predicted molar refractivity (Wildman–Crippen MR) is 212 cm³/mol. The molecule has 0 saturated heterocycles. The van der Waals surface area contributed by atoms with E-state index in [1.807, 2.05) is 66.9 Å². The molecular weight excluding hydrogens is 655 g/mol. The Labute approximate surface area is 302 Å². The van der Waals surface area contributed by atoms with Crippen LogP contribution < -0.4 is 30.2 Å². The van der Waals surface area contributed by atoms with Crippen LogP contribution in [0.2, 0.25) is 0 Å². The van der Waals surface area contributed by atoms with Crippen molar-refractivity contribution in [2.75, 3.05) is 0 Å². The monoisotopic (exact) mass is 685 g/mol. The molecule has 6 heteroatoms. The fourth-order valence-electron chi connectivity index (χ4n) is 7.92. The summed E-state index contributed by atoms with van der Waals surface area (Å²) in [5.41, 5.74) is 3.86. The van der Waals surface area contributed by atoms with E-state index in [9.17, 15) is 0 Å². The van der Waals surface area contributed by atoms with E-state index in [0.717, 1.165) is 61.9 Å². The Morgan fingerprint density at radius 3 is 1.96 bits per heavy atom. The van der Waals surface area contributed by atoms with Crippen molar-refractivity contribution >= 4 is 50.6 Å². The first-order valence-electron chi connectivity index (χ1n) is 17.4. The summed E-state index contributed by atoms with van der Waals surface area (Å²) in [6, 6.07) is 61.4. The van der Waals surface area contributed by atoms with E-state index in [4.69, 9.17) is 14.5 Å². The van der Waals surface area contributed by atoms with Gasteiger partial charge in [-0.05, 0) is 75.3 Å². The Bertz CT molecular complexity index is 2690. The molecular formula is C46H31N3O2Si. The van der Waals surface area contributed by atoms with Gasteiger partial charge in [0.1, 0.15) is 23.1 Å². The van der Waals surface area contributed by atoms with Crippen LogP contribution in [0.15, 0.2) is 188 Å². The maximum atomic E-state index is 7.11. The van der Waals surface area contributed by atoms with Crippen LogP contribution in [0.4, 0.5) is 0 Å². The largest absolute Gasteiger partial charge is 0.457 e. The number of rotatable bonds is 6. The van der Waals surface area contributed by atoms with Gasteiger partial charge in [0.2, 0.25) is 0 Å². The molecule has 0 spiro atoms. The Kier molecular flexibility index (Phi) is 7.08. The third-order valence-electron chi connectivity index (χ3n) is 10.1. The summed E-state index contributed by atoms with van der Waals surface area (Å²) >= 11 is 0. The van der Waals surface area contributed by atoms with Crippen molar-refractivity contribution in [3.05, 3.63) is 188 Å². The quantitative estimate of drug-likeness (QED) is 0.165. The Balaban J connectivity index is 1.24. The van der Waals surface area contributed by atoms with Crippen molar-refractivity contribution in [3.63, 3.8) is 0 Å². The van der Waals surface area contributed by atoms with Crippen molar-refractivity contribution in [2.24, 2.45) is 0 Å². The van der Waals surface area contributed by atoms with Crippen molar-refractivity contribution in [1.82, 2.24) is 14.5 Å². The molecule has 0 atom stereocenters. The maximum Gasteiger partial charge on any atom is 0.188 e. The van der Waals surface area contributed by atoms with E-state index in [1.54, 1.807) is 6.20 Å². The van der Waals surface area contributed by atoms with E-state index in [2.05, 4.69) is 125 Å². The van der Waals surface area contributed by atoms with Gasteiger partial charge in [-0.25, -0.2) is 4.98 Å². The second kappa shape index (κ2) is 12.2. The van der Waals surface area contributed by atoms with Crippen molar-refractivity contribution in [3.8, 4) is 40.1 Å². The van der Waals surface area contributed by atoms with Crippen LogP contribution in [0, 0.1) is 0 Å². The highest BCUT2D eigenvalue weighted by atomic mass is 28.3. The van der Waals surface area contributed by atoms with Gasteiger partial charge in [-0.1, -0.05) is 115 Å². The summed E-state index contributed by atoms with van der Waals surface area (Å²) < 4.78 is 15.9. The minimum Gasteiger partial charge on any atom is -0.457 e. The van der Waals surface area contributed by atoms with Gasteiger partial charge in [-0.15, -0.1) is 0 Å². The average molecular weight is 686 g/mol. The van der Waals surface area contributed by atoms with Crippen LogP contribution in [-0.4, -0.2) is 22.6 Å². The number of benzene rings is 6. The van der Waals surface area contributed by atoms with Gasteiger partial charge >= 0.3 is 0 Å². The van der Waals surface area contributed by atoms with Crippen LogP contribution >= 0.6 is 0 Å². The molecule has 4 heterocycles. The number of pyridine rings is 2. The number of ether oxygens (including phenoxy) is 2. The molecule has 0 bridgehead atoms. The lowest BCUT2D eigenvalue weighted by Gasteiger charge is -2.39. The number of para-hydroxylation sites is 1. The zero-order valence-corrected chi connectivity index (χ0v) is 29.1. The fraction of sp³-hybridized carbons (Fsp3) is 0. The summed E-state index contributed by atoms with van der Waals surface area (Å²) in [5.74, 6) is 4.02. The average Bonchev–Trinajstić information content (AvgIpc) is 3.55. The summed E-state index contributed by atoms with van der Waals surface area (Å²) in [6.45, 7) is 0. The highest BCUT2D eigenvalue weighted by molar-refractivity contribution is 7.20. The van der Waals surface area contributed by atoms with E-state index >= 15 is 0 Å². The van der Waals surface area contributed by atoms with E-state index in [1.165, 1.54) is 20.7 Å². The van der Waals surface area contributed by atoms with Crippen molar-refractivity contribution in [1.29, 1.82) is 0 Å². The lowest BCUT2D eigenvalue weighted by Crippen LogP contribution is -2.76. The Morgan fingerprint density at radius 1 is 0.519 bits per heavy atom. The predicted octanol–water partition coefficient (Wildman–Crippen LogP) is 8.52. The fourth-order valence-corrected chi connectivity index (χ4v) is 12.9. The Morgan fingerprint density at radius 2 is 1.21 bits per heavy atom. The van der Waals surface area contributed by atoms with Crippen LogP contribution in [-0.2, 0) is 0 Å². The zero-order chi connectivity index (χ0) is 34.5. The van der Waals surface area contributed by atoms with E-state index < -0.39 is 8.07 Å². The van der Waals surface area contributed by atoms with Gasteiger partial charge in [-0.2, -0.15) is 0 Å². The number of aromatic nitrogens is 3. The molecule has 246 valence electrons. The molecule has 3 aromatic heterocycles. The Hall–Kier alpha value is -6.76. The SMILES string of the molecule is c1ccc([Si]2(c3ccccc3)c3ccccc3Oc3c2ccc2c4ccc(Oc5cccc(-c6ccccn6)c5)cc4n(-c4ccccn4)c32)cc1. The molecule has 5 nitrogen and oxygen atoms in total. The first-order chi connectivity index (χ1) is 25.8. The van der Waals surface area contributed by atoms with Gasteiger partial charge in [0.05, 0.1) is 16.7 Å². The van der Waals surface area contributed by atoms with E-state index in [-0.39, 0.29) is 0 Å². The minimum absolute atomic E-state index is 0.725. The molecule has 1 aliphatic rings. The summed E-state index contributed by atoms with van der Waals surface area (Å²) in [7, 11) is -2.85. The van der Waals surface area contributed by atoms with Gasteiger partial charge in [0.15, 0.2) is 13.8 Å². The van der Waals surface area contributed by atoms with Crippen LogP contribution in [0.3, 0.4) is 0 Å². The van der Waals surface area contributed by atoms with Crippen molar-refractivity contribution < 1.29 is 9.47 Å². The second-order valence-electron chi connectivity index (χ2n) is 13.0. The van der Waals surface area contributed by atoms with Gasteiger partial charge in [0.25, 0.3) is 0 Å². The highest BCUT2D eigenvalue weighted by Crippen LogP contribution is 2.42. The van der Waals surface area contributed by atoms with E-state index in [0.29, 0.717) is 0 Å². The number of hydrogen-bond acceptors (Lipinski definition) is 4. The summed E-state index contributed by atoms with van der Waals surface area (Å²) in [5, 5.41) is 7.24. The lowest BCUT2D eigenvalue weighted by atomic mass is 10.1. The molecule has 0 fully saturated rings. The molecule has 9 aromatic rings. The van der Waals surface area contributed by atoms with Crippen LogP contribution in [0.25, 0.3) is 38.9 Å². The number of nitrogens with zero attached hydrogens (tertiary/aromatic N) is 3. The molecule has 1 aliphatic heterocycles. The molecule has 0 amide bonds. The molecule has 0 radical (unpaired) electrons. The molecule has 0 N–H and O–H groups in total. The first-order valence-corrected chi connectivity index (χ1v) is 19.4. The molecule has 52 heavy (non-hydrogen) atoms. The smallest absolute Gasteiger partial charge is 0.188 e. The molecule has 6 aromatic carbocycles. The van der Waals surface area contributed by atoms with Gasteiger partial charge < -0.3 is 9.47 Å². The molecule has 0 aliphatic carbocycles. The number of hydrogen-bond donors (Lipinski definition) is 0. The summed E-state index contributed by atoms with van der Waals surface area (Å²) in [6.07, 6.45) is 3.65. The third kappa shape index (κ3) is 4.69.